The van der Waals surface area contributed by atoms with Crippen LogP contribution in [0.4, 0.5) is 20.6 Å². The molecule has 1 saturated heterocycles. The van der Waals surface area contributed by atoms with Gasteiger partial charge in [-0.15, -0.1) is 0 Å². The van der Waals surface area contributed by atoms with Gasteiger partial charge in [-0.25, -0.2) is 14.2 Å². The number of oxazole rings is 1. The van der Waals surface area contributed by atoms with Crippen molar-refractivity contribution in [2.45, 2.75) is 32.5 Å². The molecule has 0 saturated carbocycles. The first kappa shape index (κ1) is 23.6. The molecular formula is C25H29FN4O4. The quantitative estimate of drug-likeness (QED) is 0.532. The highest BCUT2D eigenvalue weighted by Gasteiger charge is 2.24. The summed E-state index contributed by atoms with van der Waals surface area (Å²) in [5.41, 5.74) is 2.45. The molecule has 34 heavy (non-hydrogen) atoms. The largest absolute Gasteiger partial charge is 0.497 e. The van der Waals surface area contributed by atoms with E-state index in [0.29, 0.717) is 43.3 Å². The van der Waals surface area contributed by atoms with Gasteiger partial charge in [-0.2, -0.15) is 0 Å². The molecule has 2 atom stereocenters. The van der Waals surface area contributed by atoms with Crippen LogP contribution in [0.2, 0.25) is 0 Å². The van der Waals surface area contributed by atoms with Crippen LogP contribution in [0, 0.1) is 5.82 Å². The van der Waals surface area contributed by atoms with Crippen LogP contribution in [0.15, 0.2) is 53.1 Å². The Bertz CT molecular complexity index is 1110. The van der Waals surface area contributed by atoms with Gasteiger partial charge in [0.1, 0.15) is 17.8 Å². The lowest BCUT2D eigenvalue weighted by atomic mass is 10.2. The Hall–Kier alpha value is -3.59. The molecule has 8 nitrogen and oxygen atoms in total. The molecule has 180 valence electrons. The molecule has 1 aliphatic rings. The van der Waals surface area contributed by atoms with Crippen molar-refractivity contribution in [1.29, 1.82) is 0 Å². The van der Waals surface area contributed by atoms with Crippen LogP contribution in [0.25, 0.3) is 11.5 Å². The van der Waals surface area contributed by atoms with E-state index in [0.717, 1.165) is 17.0 Å². The standard InChI is InChI=1S/C25H29FN4O4/c1-16-13-30(14-17(2)34-16)23-9-6-19(12-22(23)26)29-25(31)27-11-10-20-15-33-24(28-20)18-4-7-21(32-3)8-5-18/h4-9,12,15-17H,10-11,13-14H2,1-3H3,(H2,27,29,31). The van der Waals surface area contributed by atoms with Crippen LogP contribution >= 0.6 is 0 Å². The van der Waals surface area contributed by atoms with Crippen molar-refractivity contribution in [3.63, 3.8) is 0 Å². The van der Waals surface area contributed by atoms with E-state index in [9.17, 15) is 9.18 Å². The maximum Gasteiger partial charge on any atom is 0.319 e. The van der Waals surface area contributed by atoms with Crippen molar-refractivity contribution < 1.29 is 23.1 Å². The first-order valence-corrected chi connectivity index (χ1v) is 11.2. The zero-order valence-electron chi connectivity index (χ0n) is 19.5. The Labute approximate surface area is 198 Å². The highest BCUT2D eigenvalue weighted by Crippen LogP contribution is 2.26. The van der Waals surface area contributed by atoms with Crippen molar-refractivity contribution in [1.82, 2.24) is 10.3 Å². The molecule has 0 radical (unpaired) electrons. The molecule has 2 unspecified atom stereocenters. The average molecular weight is 469 g/mol. The third kappa shape index (κ3) is 5.85. The number of morpholine rings is 1. The summed E-state index contributed by atoms with van der Waals surface area (Å²) in [7, 11) is 1.61. The van der Waals surface area contributed by atoms with Gasteiger partial charge in [0.2, 0.25) is 5.89 Å². The van der Waals surface area contributed by atoms with Crippen molar-refractivity contribution in [2.24, 2.45) is 0 Å². The van der Waals surface area contributed by atoms with Crippen LogP contribution in [0.1, 0.15) is 19.5 Å². The molecule has 1 aliphatic heterocycles. The lowest BCUT2D eigenvalue weighted by Gasteiger charge is -2.37. The van der Waals surface area contributed by atoms with Crippen molar-refractivity contribution >= 4 is 17.4 Å². The Kier molecular flexibility index (Phi) is 7.32. The summed E-state index contributed by atoms with van der Waals surface area (Å²) in [6.07, 6.45) is 2.13. The molecule has 1 fully saturated rings. The normalized spacial score (nSPS) is 17.9. The second-order valence-corrected chi connectivity index (χ2v) is 8.33. The summed E-state index contributed by atoms with van der Waals surface area (Å²) in [5.74, 6) is 0.875. The molecule has 3 aromatic rings. The average Bonchev–Trinajstić information content (AvgIpc) is 3.27. The van der Waals surface area contributed by atoms with Gasteiger partial charge in [0, 0.05) is 37.3 Å². The predicted octanol–water partition coefficient (Wildman–Crippen LogP) is 4.47. The fraction of sp³-hybridized carbons (Fsp3) is 0.360. The summed E-state index contributed by atoms with van der Waals surface area (Å²) < 4.78 is 31.1. The number of rotatable bonds is 7. The summed E-state index contributed by atoms with van der Waals surface area (Å²) in [6.45, 7) is 5.54. The smallest absolute Gasteiger partial charge is 0.319 e. The number of carbonyl (C=O) groups excluding carboxylic acids is 1. The molecule has 0 spiro atoms. The molecular weight excluding hydrogens is 439 g/mol. The highest BCUT2D eigenvalue weighted by atomic mass is 19.1. The van der Waals surface area contributed by atoms with E-state index >= 15 is 0 Å². The predicted molar refractivity (Wildman–Crippen MR) is 128 cm³/mol. The highest BCUT2D eigenvalue weighted by molar-refractivity contribution is 5.89. The second-order valence-electron chi connectivity index (χ2n) is 8.33. The molecule has 1 aromatic heterocycles. The van der Waals surface area contributed by atoms with Crippen LogP contribution < -0.4 is 20.3 Å². The Morgan fingerprint density at radius 2 is 1.91 bits per heavy atom. The number of benzene rings is 2. The maximum atomic E-state index is 14.7. The molecule has 4 rings (SSSR count). The fourth-order valence-corrected chi connectivity index (χ4v) is 3.98. The number of urea groups is 1. The Morgan fingerprint density at radius 1 is 1.18 bits per heavy atom. The first-order valence-electron chi connectivity index (χ1n) is 11.2. The first-order chi connectivity index (χ1) is 16.4. The van der Waals surface area contributed by atoms with Gasteiger partial charge < -0.3 is 29.4 Å². The summed E-state index contributed by atoms with van der Waals surface area (Å²) in [6, 6.07) is 11.7. The van der Waals surface area contributed by atoms with Crippen LogP contribution in [0.3, 0.4) is 0 Å². The minimum atomic E-state index is -0.417. The van der Waals surface area contributed by atoms with Gasteiger partial charge >= 0.3 is 6.03 Å². The van der Waals surface area contributed by atoms with Crippen molar-refractivity contribution in [2.75, 3.05) is 37.0 Å². The summed E-state index contributed by atoms with van der Waals surface area (Å²) in [4.78, 5) is 18.7. The number of carbonyl (C=O) groups is 1. The Morgan fingerprint density at radius 3 is 2.59 bits per heavy atom. The van der Waals surface area contributed by atoms with E-state index in [1.54, 1.807) is 25.5 Å². The number of methoxy groups -OCH3 is 1. The summed E-state index contributed by atoms with van der Waals surface area (Å²) in [5, 5.41) is 5.42. The van der Waals surface area contributed by atoms with Crippen molar-refractivity contribution in [3.8, 4) is 17.2 Å². The molecule has 2 N–H and O–H groups in total. The van der Waals surface area contributed by atoms with Gasteiger partial charge in [-0.1, -0.05) is 0 Å². The van der Waals surface area contributed by atoms with Gasteiger partial charge in [-0.05, 0) is 56.3 Å². The number of nitrogens with zero attached hydrogens (tertiary/aromatic N) is 2. The minimum absolute atomic E-state index is 0.0312. The summed E-state index contributed by atoms with van der Waals surface area (Å²) >= 11 is 0. The van der Waals surface area contributed by atoms with Crippen LogP contribution in [-0.2, 0) is 11.2 Å². The second kappa shape index (κ2) is 10.6. The number of nitrogens with one attached hydrogen (secondary N) is 2. The van der Waals surface area contributed by atoms with Gasteiger partial charge in [0.05, 0.1) is 30.7 Å². The molecule has 2 amide bonds. The van der Waals surface area contributed by atoms with E-state index in [4.69, 9.17) is 13.9 Å². The zero-order valence-corrected chi connectivity index (χ0v) is 19.5. The Balaban J connectivity index is 1.26. The third-order valence-electron chi connectivity index (χ3n) is 5.52. The lowest BCUT2D eigenvalue weighted by Crippen LogP contribution is -2.45. The number of hydrogen-bond donors (Lipinski definition) is 2. The van der Waals surface area contributed by atoms with Gasteiger partial charge in [0.25, 0.3) is 0 Å². The number of hydrogen-bond acceptors (Lipinski definition) is 6. The van der Waals surface area contributed by atoms with Crippen LogP contribution in [-0.4, -0.2) is 50.0 Å². The van der Waals surface area contributed by atoms with Gasteiger partial charge in [-0.3, -0.25) is 0 Å². The van der Waals surface area contributed by atoms with Gasteiger partial charge in [0.15, 0.2) is 0 Å². The van der Waals surface area contributed by atoms with E-state index in [1.165, 1.54) is 6.07 Å². The number of halogens is 1. The number of aromatic nitrogens is 1. The van der Waals surface area contributed by atoms with Crippen molar-refractivity contribution in [3.05, 3.63) is 60.2 Å². The molecule has 2 heterocycles. The van der Waals surface area contributed by atoms with E-state index in [-0.39, 0.29) is 18.0 Å². The van der Waals surface area contributed by atoms with E-state index in [1.807, 2.05) is 43.0 Å². The number of amides is 2. The molecule has 0 aliphatic carbocycles. The third-order valence-corrected chi connectivity index (χ3v) is 5.52. The SMILES string of the molecule is COc1ccc(-c2nc(CCNC(=O)Nc3ccc(N4CC(C)OC(C)C4)c(F)c3)co2)cc1. The fourth-order valence-electron chi connectivity index (χ4n) is 3.98. The molecule has 2 aromatic carbocycles. The zero-order chi connectivity index (χ0) is 24.1. The monoisotopic (exact) mass is 468 g/mol. The lowest BCUT2D eigenvalue weighted by molar-refractivity contribution is -0.00539. The van der Waals surface area contributed by atoms with E-state index < -0.39 is 6.03 Å². The number of anilines is 2. The molecule has 0 bridgehead atoms. The maximum absolute atomic E-state index is 14.7. The van der Waals surface area contributed by atoms with E-state index in [2.05, 4.69) is 15.6 Å². The minimum Gasteiger partial charge on any atom is -0.497 e. The van der Waals surface area contributed by atoms with Crippen LogP contribution in [0.5, 0.6) is 5.75 Å². The molecule has 9 heteroatoms. The topological polar surface area (TPSA) is 88.9 Å². The number of ether oxygens (including phenoxy) is 2.